The fourth-order valence-electron chi connectivity index (χ4n) is 1.03. The van der Waals surface area contributed by atoms with Crippen LogP contribution in [0.15, 0.2) is 30.3 Å². The van der Waals surface area contributed by atoms with Crippen LogP contribution >= 0.6 is 23.7 Å². The average Bonchev–Trinajstić information content (AvgIpc) is 2.67. The van der Waals surface area contributed by atoms with Crippen molar-refractivity contribution in [3.8, 4) is 10.6 Å². The highest BCUT2D eigenvalue weighted by atomic mass is 35.5. The van der Waals surface area contributed by atoms with E-state index in [1.165, 1.54) is 11.3 Å². The minimum atomic E-state index is 0. The van der Waals surface area contributed by atoms with Crippen LogP contribution in [0.5, 0.6) is 0 Å². The van der Waals surface area contributed by atoms with E-state index < -0.39 is 0 Å². The van der Waals surface area contributed by atoms with Gasteiger partial charge in [0.25, 0.3) is 0 Å². The Bertz CT molecular complexity index is 388. The van der Waals surface area contributed by atoms with Gasteiger partial charge >= 0.3 is 0 Å². The molecule has 1 aromatic carbocycles. The maximum Gasteiger partial charge on any atom is 0.147 e. The Labute approximate surface area is 92.4 Å². The summed E-state index contributed by atoms with van der Waals surface area (Å²) >= 11 is 1.54. The molecular formula is C9H10ClN3S. The molecular weight excluding hydrogens is 218 g/mol. The van der Waals surface area contributed by atoms with Crippen LogP contribution in [-0.4, -0.2) is 10.2 Å². The van der Waals surface area contributed by atoms with Crippen LogP contribution in [0.4, 0.5) is 0 Å². The lowest BCUT2D eigenvalue weighted by atomic mass is 10.2. The second-order valence-corrected chi connectivity index (χ2v) is 3.63. The molecule has 1 heterocycles. The zero-order valence-electron chi connectivity index (χ0n) is 7.38. The Hall–Kier alpha value is -0.970. The summed E-state index contributed by atoms with van der Waals surface area (Å²) < 4.78 is 0. The monoisotopic (exact) mass is 227 g/mol. The molecule has 2 N–H and O–H groups in total. The summed E-state index contributed by atoms with van der Waals surface area (Å²) in [5.74, 6) is 0. The van der Waals surface area contributed by atoms with Gasteiger partial charge in [-0.25, -0.2) is 0 Å². The van der Waals surface area contributed by atoms with Crippen LogP contribution in [0.3, 0.4) is 0 Å². The third kappa shape index (κ3) is 2.29. The van der Waals surface area contributed by atoms with E-state index in [1.54, 1.807) is 0 Å². The second-order valence-electron chi connectivity index (χ2n) is 2.57. The van der Waals surface area contributed by atoms with Crippen LogP contribution in [0, 0.1) is 0 Å². The van der Waals surface area contributed by atoms with Crippen LogP contribution in [0.25, 0.3) is 10.6 Å². The number of rotatable bonds is 2. The Kier molecular flexibility index (Phi) is 4.00. The maximum atomic E-state index is 5.45. The number of nitrogens with zero attached hydrogens (tertiary/aromatic N) is 2. The van der Waals surface area contributed by atoms with Crippen molar-refractivity contribution in [3.63, 3.8) is 0 Å². The zero-order valence-corrected chi connectivity index (χ0v) is 9.02. The molecule has 0 saturated carbocycles. The lowest BCUT2D eigenvalue weighted by molar-refractivity contribution is 0.960. The predicted molar refractivity (Wildman–Crippen MR) is 60.5 cm³/mol. The van der Waals surface area contributed by atoms with Crippen molar-refractivity contribution in [3.05, 3.63) is 35.3 Å². The number of aromatic nitrogens is 2. The Morgan fingerprint density at radius 1 is 1.14 bits per heavy atom. The molecule has 74 valence electrons. The molecule has 0 aliphatic carbocycles. The highest BCUT2D eigenvalue weighted by Crippen LogP contribution is 2.22. The van der Waals surface area contributed by atoms with E-state index in [1.807, 2.05) is 30.3 Å². The van der Waals surface area contributed by atoms with E-state index in [-0.39, 0.29) is 12.4 Å². The van der Waals surface area contributed by atoms with E-state index in [9.17, 15) is 0 Å². The number of benzene rings is 1. The van der Waals surface area contributed by atoms with Crippen molar-refractivity contribution >= 4 is 23.7 Å². The first-order chi connectivity index (χ1) is 6.40. The Balaban J connectivity index is 0.000000980. The minimum Gasteiger partial charge on any atom is -0.324 e. The fourth-order valence-corrected chi connectivity index (χ4v) is 1.76. The number of hydrogen-bond acceptors (Lipinski definition) is 4. The van der Waals surface area contributed by atoms with Crippen LogP contribution in [0.1, 0.15) is 5.01 Å². The van der Waals surface area contributed by atoms with Gasteiger partial charge < -0.3 is 5.73 Å². The third-order valence-corrected chi connectivity index (χ3v) is 2.66. The summed E-state index contributed by atoms with van der Waals surface area (Å²) in [4.78, 5) is 0. The van der Waals surface area contributed by atoms with Crippen molar-refractivity contribution in [1.82, 2.24) is 10.2 Å². The molecule has 3 nitrogen and oxygen atoms in total. The van der Waals surface area contributed by atoms with E-state index in [0.29, 0.717) is 6.54 Å². The van der Waals surface area contributed by atoms with Gasteiger partial charge in [-0.2, -0.15) is 0 Å². The van der Waals surface area contributed by atoms with Crippen molar-refractivity contribution in [2.75, 3.05) is 0 Å². The molecule has 14 heavy (non-hydrogen) atoms. The van der Waals surface area contributed by atoms with Crippen LogP contribution in [-0.2, 0) is 6.54 Å². The SMILES string of the molecule is Cl.NCc1nnc(-c2ccccc2)s1. The van der Waals surface area contributed by atoms with Crippen molar-refractivity contribution in [2.24, 2.45) is 5.73 Å². The van der Waals surface area contributed by atoms with Gasteiger partial charge in [0.2, 0.25) is 0 Å². The fraction of sp³-hybridized carbons (Fsp3) is 0.111. The largest absolute Gasteiger partial charge is 0.324 e. The van der Waals surface area contributed by atoms with E-state index >= 15 is 0 Å². The van der Waals surface area contributed by atoms with Crippen molar-refractivity contribution in [1.29, 1.82) is 0 Å². The lowest BCUT2D eigenvalue weighted by Crippen LogP contribution is -1.94. The predicted octanol–water partition coefficient (Wildman–Crippen LogP) is 2.09. The lowest BCUT2D eigenvalue weighted by Gasteiger charge is -1.91. The molecule has 0 amide bonds. The van der Waals surface area contributed by atoms with Gasteiger partial charge in [-0.15, -0.1) is 22.6 Å². The summed E-state index contributed by atoms with van der Waals surface area (Å²) in [6.07, 6.45) is 0. The van der Waals surface area contributed by atoms with Gasteiger partial charge in [-0.05, 0) is 0 Å². The van der Waals surface area contributed by atoms with Gasteiger partial charge in [-0.1, -0.05) is 41.7 Å². The molecule has 5 heteroatoms. The summed E-state index contributed by atoms with van der Waals surface area (Å²) in [6, 6.07) is 9.98. The van der Waals surface area contributed by atoms with Crippen molar-refractivity contribution in [2.45, 2.75) is 6.54 Å². The molecule has 0 aliphatic rings. The Morgan fingerprint density at radius 3 is 2.43 bits per heavy atom. The molecule has 0 saturated heterocycles. The van der Waals surface area contributed by atoms with Crippen LogP contribution in [0.2, 0.25) is 0 Å². The smallest absolute Gasteiger partial charge is 0.147 e. The number of nitrogens with two attached hydrogens (primary N) is 1. The molecule has 0 fully saturated rings. The highest BCUT2D eigenvalue weighted by Gasteiger charge is 2.03. The summed E-state index contributed by atoms with van der Waals surface area (Å²) in [5, 5.41) is 9.81. The van der Waals surface area contributed by atoms with Crippen molar-refractivity contribution < 1.29 is 0 Å². The molecule has 2 rings (SSSR count). The second kappa shape index (κ2) is 5.05. The van der Waals surface area contributed by atoms with Gasteiger partial charge in [0.1, 0.15) is 10.0 Å². The van der Waals surface area contributed by atoms with Gasteiger partial charge in [-0.3, -0.25) is 0 Å². The van der Waals surface area contributed by atoms with Gasteiger partial charge in [0.15, 0.2) is 0 Å². The molecule has 0 atom stereocenters. The molecule has 0 bridgehead atoms. The highest BCUT2D eigenvalue weighted by molar-refractivity contribution is 7.14. The Morgan fingerprint density at radius 2 is 1.86 bits per heavy atom. The summed E-state index contributed by atoms with van der Waals surface area (Å²) in [5.41, 5.74) is 6.55. The normalized spacial score (nSPS) is 9.50. The number of halogens is 1. The molecule has 0 radical (unpaired) electrons. The van der Waals surface area contributed by atoms with E-state index in [2.05, 4.69) is 10.2 Å². The van der Waals surface area contributed by atoms with Crippen LogP contribution < -0.4 is 5.73 Å². The van der Waals surface area contributed by atoms with Gasteiger partial charge in [0, 0.05) is 12.1 Å². The first kappa shape index (κ1) is 11.1. The third-order valence-electron chi connectivity index (χ3n) is 1.66. The minimum absolute atomic E-state index is 0. The standard InChI is InChI=1S/C9H9N3S.ClH/c10-6-8-11-12-9(13-8)7-4-2-1-3-5-7;/h1-5H,6,10H2;1H. The number of hydrogen-bond donors (Lipinski definition) is 1. The van der Waals surface area contributed by atoms with E-state index in [4.69, 9.17) is 5.73 Å². The summed E-state index contributed by atoms with van der Waals surface area (Å²) in [6.45, 7) is 0.463. The van der Waals surface area contributed by atoms with E-state index in [0.717, 1.165) is 15.6 Å². The summed E-state index contributed by atoms with van der Waals surface area (Å²) in [7, 11) is 0. The van der Waals surface area contributed by atoms with Gasteiger partial charge in [0.05, 0.1) is 0 Å². The average molecular weight is 228 g/mol. The molecule has 0 spiro atoms. The quantitative estimate of drug-likeness (QED) is 0.855. The maximum absolute atomic E-state index is 5.45. The molecule has 2 aromatic rings. The molecule has 1 aromatic heterocycles. The first-order valence-corrected chi connectivity index (χ1v) is 4.79. The zero-order chi connectivity index (χ0) is 9.10. The molecule has 0 aliphatic heterocycles. The topological polar surface area (TPSA) is 51.8 Å². The molecule has 0 unspecified atom stereocenters. The first-order valence-electron chi connectivity index (χ1n) is 3.98.